The number of rotatable bonds is 3. The summed E-state index contributed by atoms with van der Waals surface area (Å²) >= 11 is 0. The number of aromatic nitrogens is 5. The van der Waals surface area contributed by atoms with Crippen molar-refractivity contribution in [3.05, 3.63) is 48.5 Å². The molecule has 10 nitrogen and oxygen atoms in total. The molecule has 1 N–H and O–H groups in total. The van der Waals surface area contributed by atoms with Gasteiger partial charge in [-0.25, -0.2) is 9.78 Å². The zero-order valence-corrected chi connectivity index (χ0v) is 22.1. The van der Waals surface area contributed by atoms with Gasteiger partial charge in [-0.15, -0.1) is 0 Å². The molecule has 2 fully saturated rings. The Morgan fingerprint density at radius 2 is 1.89 bits per heavy atom. The van der Waals surface area contributed by atoms with Gasteiger partial charge in [0.25, 0.3) is 0 Å². The maximum Gasteiger partial charge on any atom is 0.410 e. The molecule has 0 saturated carbocycles. The molecule has 6 heterocycles. The molecule has 2 saturated heterocycles. The van der Waals surface area contributed by atoms with Gasteiger partial charge in [0.05, 0.1) is 17.6 Å². The van der Waals surface area contributed by atoms with Crippen LogP contribution in [0, 0.1) is 5.92 Å². The quantitative estimate of drug-likeness (QED) is 0.437. The van der Waals surface area contributed by atoms with Gasteiger partial charge in [0.1, 0.15) is 11.2 Å². The van der Waals surface area contributed by atoms with Crippen molar-refractivity contribution in [1.29, 1.82) is 0 Å². The van der Waals surface area contributed by atoms with Gasteiger partial charge in [-0.3, -0.25) is 4.79 Å². The molecule has 38 heavy (non-hydrogen) atoms. The van der Waals surface area contributed by atoms with E-state index in [4.69, 9.17) is 4.74 Å². The fraction of sp³-hybridized carbons (Fsp3) is 0.464. The molecule has 10 heteroatoms. The first-order valence-corrected chi connectivity index (χ1v) is 13.3. The number of pyridine rings is 1. The summed E-state index contributed by atoms with van der Waals surface area (Å²) in [5, 5.41) is 9.71. The fourth-order valence-electron chi connectivity index (χ4n) is 5.69. The number of fused-ring (bicyclic) bond motifs is 2. The van der Waals surface area contributed by atoms with Crippen molar-refractivity contribution >= 4 is 28.6 Å². The molecule has 0 spiro atoms. The molecule has 0 aromatic carbocycles. The molecular weight excluding hydrogens is 482 g/mol. The van der Waals surface area contributed by atoms with E-state index in [0.717, 1.165) is 52.6 Å². The van der Waals surface area contributed by atoms with E-state index in [-0.39, 0.29) is 23.8 Å². The average molecular weight is 516 g/mol. The average Bonchev–Trinajstić information content (AvgIpc) is 3.65. The van der Waals surface area contributed by atoms with Crippen molar-refractivity contribution in [1.82, 2.24) is 34.6 Å². The number of hydrogen-bond donors (Lipinski definition) is 1. The summed E-state index contributed by atoms with van der Waals surface area (Å²) in [5.74, 6) is 0.155. The maximum atomic E-state index is 13.4. The summed E-state index contributed by atoms with van der Waals surface area (Å²) in [7, 11) is 0. The van der Waals surface area contributed by atoms with Gasteiger partial charge in [0.2, 0.25) is 5.91 Å². The lowest BCUT2D eigenvalue weighted by atomic mass is 9.97. The minimum atomic E-state index is -0.549. The first-order valence-electron chi connectivity index (χ1n) is 13.3. The molecule has 0 bridgehead atoms. The number of piperidine rings is 1. The highest BCUT2D eigenvalue weighted by molar-refractivity contribution is 5.97. The third kappa shape index (κ3) is 4.59. The Morgan fingerprint density at radius 3 is 2.74 bits per heavy atom. The van der Waals surface area contributed by atoms with E-state index in [0.29, 0.717) is 26.2 Å². The van der Waals surface area contributed by atoms with Gasteiger partial charge >= 0.3 is 6.09 Å². The van der Waals surface area contributed by atoms with Crippen molar-refractivity contribution in [3.63, 3.8) is 0 Å². The number of carbonyl (C=O) groups is 2. The monoisotopic (exact) mass is 515 g/mol. The zero-order chi connectivity index (χ0) is 26.4. The number of ether oxygens (including phenoxy) is 1. The van der Waals surface area contributed by atoms with E-state index in [1.807, 2.05) is 56.3 Å². The molecule has 2 amide bonds. The Hall–Kier alpha value is -3.95. The van der Waals surface area contributed by atoms with Gasteiger partial charge in [0.15, 0.2) is 0 Å². The molecule has 198 valence electrons. The highest BCUT2D eigenvalue weighted by Crippen LogP contribution is 2.35. The number of nitrogens with zero attached hydrogens (tertiary/aromatic N) is 6. The minimum absolute atomic E-state index is 0.134. The molecule has 0 radical (unpaired) electrons. The van der Waals surface area contributed by atoms with E-state index >= 15 is 0 Å². The molecule has 2 aliphatic heterocycles. The Kier molecular flexibility index (Phi) is 6.04. The number of aromatic amines is 1. The van der Waals surface area contributed by atoms with Crippen LogP contribution in [0.5, 0.6) is 0 Å². The number of likely N-dealkylation sites (tertiary alicyclic amines) is 2. The molecule has 4 aromatic heterocycles. The summed E-state index contributed by atoms with van der Waals surface area (Å²) in [4.78, 5) is 37.7. The largest absolute Gasteiger partial charge is 0.444 e. The lowest BCUT2D eigenvalue weighted by Gasteiger charge is -2.35. The van der Waals surface area contributed by atoms with E-state index in [1.54, 1.807) is 15.7 Å². The van der Waals surface area contributed by atoms with E-state index in [1.165, 1.54) is 0 Å². The fourth-order valence-corrected chi connectivity index (χ4v) is 5.69. The van der Waals surface area contributed by atoms with Crippen LogP contribution in [0.15, 0.2) is 42.9 Å². The standard InChI is InChI=1S/C28H33N7O3/c1-28(2,3)38-27(37)34-12-5-6-19(17-34)26(36)33-13-9-18(16-33)23-14-21-20(8-11-29-25(21)32-23)22-15-31-35-24(22)7-4-10-30-35/h4,7-8,10-11,14-15,18-19H,5-6,9,12-13,16-17H2,1-3H3,(H,29,32). The maximum absolute atomic E-state index is 13.4. The molecule has 4 aromatic rings. The first kappa shape index (κ1) is 24.4. The Morgan fingerprint density at radius 1 is 1.03 bits per heavy atom. The Bertz CT molecular complexity index is 1500. The topological polar surface area (TPSA) is 109 Å². The molecule has 2 unspecified atom stereocenters. The zero-order valence-electron chi connectivity index (χ0n) is 22.1. The second-order valence-corrected chi connectivity index (χ2v) is 11.3. The van der Waals surface area contributed by atoms with Gasteiger partial charge in [-0.1, -0.05) is 0 Å². The summed E-state index contributed by atoms with van der Waals surface area (Å²) in [6.45, 7) is 8.00. The van der Waals surface area contributed by atoms with Crippen molar-refractivity contribution in [3.8, 4) is 11.1 Å². The van der Waals surface area contributed by atoms with Crippen LogP contribution in [0.25, 0.3) is 27.7 Å². The summed E-state index contributed by atoms with van der Waals surface area (Å²) in [6.07, 6.45) is 7.52. The number of H-pyrrole nitrogens is 1. The third-order valence-corrected chi connectivity index (χ3v) is 7.51. The van der Waals surface area contributed by atoms with Crippen LogP contribution in [-0.2, 0) is 9.53 Å². The number of nitrogens with one attached hydrogen (secondary N) is 1. The number of hydrogen-bond acceptors (Lipinski definition) is 6. The first-order chi connectivity index (χ1) is 18.3. The van der Waals surface area contributed by atoms with Crippen LogP contribution in [0.4, 0.5) is 4.79 Å². The van der Waals surface area contributed by atoms with Gasteiger partial charge in [-0.2, -0.15) is 14.8 Å². The van der Waals surface area contributed by atoms with Crippen LogP contribution in [-0.4, -0.2) is 78.4 Å². The van der Waals surface area contributed by atoms with Crippen LogP contribution in [0.3, 0.4) is 0 Å². The Balaban J connectivity index is 1.17. The van der Waals surface area contributed by atoms with Crippen LogP contribution in [0.2, 0.25) is 0 Å². The van der Waals surface area contributed by atoms with E-state index in [9.17, 15) is 9.59 Å². The van der Waals surface area contributed by atoms with Crippen LogP contribution in [0.1, 0.15) is 51.6 Å². The van der Waals surface area contributed by atoms with Crippen molar-refractivity contribution < 1.29 is 14.3 Å². The van der Waals surface area contributed by atoms with Crippen molar-refractivity contribution in [2.24, 2.45) is 5.92 Å². The van der Waals surface area contributed by atoms with Crippen LogP contribution < -0.4 is 0 Å². The SMILES string of the molecule is CC(C)(C)OC(=O)N1CCCC(C(=O)N2CCC(c3cc4c(-c5cnn6ncccc56)ccnc4[nH]3)C2)C1. The highest BCUT2D eigenvalue weighted by atomic mass is 16.6. The van der Waals surface area contributed by atoms with E-state index < -0.39 is 5.60 Å². The normalized spacial score (nSPS) is 20.4. The lowest BCUT2D eigenvalue weighted by molar-refractivity contribution is -0.136. The second kappa shape index (κ2) is 9.41. The predicted molar refractivity (Wildman–Crippen MR) is 143 cm³/mol. The number of carbonyl (C=O) groups excluding carboxylic acids is 2. The molecule has 2 atom stereocenters. The summed E-state index contributed by atoms with van der Waals surface area (Å²) in [5.41, 5.74) is 4.36. The molecular formula is C28H33N7O3. The highest BCUT2D eigenvalue weighted by Gasteiger charge is 2.36. The van der Waals surface area contributed by atoms with Gasteiger partial charge < -0.3 is 19.5 Å². The third-order valence-electron chi connectivity index (χ3n) is 7.51. The number of amides is 2. The van der Waals surface area contributed by atoms with Crippen LogP contribution >= 0.6 is 0 Å². The molecule has 0 aliphatic carbocycles. The van der Waals surface area contributed by atoms with Gasteiger partial charge in [-0.05, 0) is 69.9 Å². The van der Waals surface area contributed by atoms with E-state index in [2.05, 4.69) is 26.2 Å². The summed E-state index contributed by atoms with van der Waals surface area (Å²) < 4.78 is 7.17. The predicted octanol–water partition coefficient (Wildman–Crippen LogP) is 4.24. The minimum Gasteiger partial charge on any atom is -0.444 e. The smallest absolute Gasteiger partial charge is 0.410 e. The van der Waals surface area contributed by atoms with Gasteiger partial charge in [0, 0.05) is 61.1 Å². The molecule has 6 rings (SSSR count). The molecule has 2 aliphatic rings. The Labute approximate surface area is 221 Å². The van der Waals surface area contributed by atoms with Crippen molar-refractivity contribution in [2.45, 2.75) is 51.6 Å². The second-order valence-electron chi connectivity index (χ2n) is 11.3. The lowest BCUT2D eigenvalue weighted by Crippen LogP contribution is -2.47. The summed E-state index contributed by atoms with van der Waals surface area (Å²) in [6, 6.07) is 8.09. The van der Waals surface area contributed by atoms with Crippen molar-refractivity contribution in [2.75, 3.05) is 26.2 Å².